The summed E-state index contributed by atoms with van der Waals surface area (Å²) < 4.78 is 18.6. The Morgan fingerprint density at radius 3 is 2.36 bits per heavy atom. The Morgan fingerprint density at radius 1 is 1.18 bits per heavy atom. The van der Waals surface area contributed by atoms with Gasteiger partial charge in [0.2, 0.25) is 5.91 Å². The molecule has 0 aliphatic heterocycles. The topological polar surface area (TPSA) is 55.4 Å². The van der Waals surface area contributed by atoms with Gasteiger partial charge in [-0.3, -0.25) is 4.79 Å². The first-order valence-electron chi connectivity index (χ1n) is 6.37. The van der Waals surface area contributed by atoms with Gasteiger partial charge in [0, 0.05) is 10.5 Å². The summed E-state index contributed by atoms with van der Waals surface area (Å²) in [4.78, 5) is 23.2. The molecule has 0 saturated heterocycles. The molecule has 0 fully saturated rings. The molecule has 0 spiro atoms. The molecule has 4 nitrogen and oxygen atoms in total. The number of hydrogen-bond donors (Lipinski definition) is 1. The molecule has 22 heavy (non-hydrogen) atoms. The third-order valence-corrected chi connectivity index (χ3v) is 3.87. The predicted octanol–water partition coefficient (Wildman–Crippen LogP) is 3.84. The summed E-state index contributed by atoms with van der Waals surface area (Å²) in [6.45, 7) is 1.36. The summed E-state index contributed by atoms with van der Waals surface area (Å²) in [6.07, 6.45) is 0. The molecule has 2 aromatic rings. The molecule has 1 amide bonds. The summed E-state index contributed by atoms with van der Waals surface area (Å²) >= 11 is 2.08. The van der Waals surface area contributed by atoms with Crippen LogP contribution >= 0.6 is 22.6 Å². The highest BCUT2D eigenvalue weighted by atomic mass is 127. The maximum Gasteiger partial charge on any atom is 0.340 e. The number of anilines is 1. The highest BCUT2D eigenvalue weighted by molar-refractivity contribution is 14.1. The lowest BCUT2D eigenvalue weighted by atomic mass is 10.0. The quantitative estimate of drug-likeness (QED) is 0.615. The second kappa shape index (κ2) is 6.87. The molecule has 114 valence electrons. The maximum absolute atomic E-state index is 13.0. The molecule has 1 N–H and O–H groups in total. The van der Waals surface area contributed by atoms with Crippen LogP contribution in [0.25, 0.3) is 11.1 Å². The van der Waals surface area contributed by atoms with Gasteiger partial charge in [0.05, 0.1) is 18.4 Å². The zero-order valence-corrected chi connectivity index (χ0v) is 14.1. The summed E-state index contributed by atoms with van der Waals surface area (Å²) in [5.74, 6) is -1.16. The molecule has 0 aromatic heterocycles. The fraction of sp³-hybridized carbons (Fsp3) is 0.125. The number of methoxy groups -OCH3 is 1. The Balaban J connectivity index is 2.58. The summed E-state index contributed by atoms with van der Waals surface area (Å²) in [6, 6.07) is 9.32. The van der Waals surface area contributed by atoms with Crippen molar-refractivity contribution in [2.24, 2.45) is 0 Å². The van der Waals surface area contributed by atoms with E-state index in [1.165, 1.54) is 26.2 Å². The predicted molar refractivity (Wildman–Crippen MR) is 90.2 cm³/mol. The summed E-state index contributed by atoms with van der Waals surface area (Å²) in [5.41, 5.74) is 2.21. The van der Waals surface area contributed by atoms with E-state index in [0.717, 1.165) is 14.7 Å². The van der Waals surface area contributed by atoms with Crippen molar-refractivity contribution in [2.75, 3.05) is 12.4 Å². The number of amides is 1. The highest BCUT2D eigenvalue weighted by Gasteiger charge is 2.17. The van der Waals surface area contributed by atoms with Gasteiger partial charge in [0.15, 0.2) is 0 Å². The number of esters is 1. The number of nitrogens with one attached hydrogen (secondary N) is 1. The fourth-order valence-electron chi connectivity index (χ4n) is 2.00. The SMILES string of the molecule is COC(=O)c1cc(I)c(-c2ccc(F)cc2)cc1NC(C)=O. The number of ether oxygens (including phenoxy) is 1. The first-order chi connectivity index (χ1) is 10.4. The normalized spacial score (nSPS) is 10.2. The Hall–Kier alpha value is -1.96. The smallest absolute Gasteiger partial charge is 0.340 e. The van der Waals surface area contributed by atoms with Gasteiger partial charge >= 0.3 is 5.97 Å². The van der Waals surface area contributed by atoms with Crippen molar-refractivity contribution >= 4 is 40.2 Å². The lowest BCUT2D eigenvalue weighted by molar-refractivity contribution is -0.114. The molecule has 0 saturated carbocycles. The van der Waals surface area contributed by atoms with Crippen molar-refractivity contribution < 1.29 is 18.7 Å². The highest BCUT2D eigenvalue weighted by Crippen LogP contribution is 2.31. The lowest BCUT2D eigenvalue weighted by Crippen LogP contribution is -2.12. The second-order valence-corrected chi connectivity index (χ2v) is 5.72. The number of carbonyl (C=O) groups is 2. The molecule has 2 rings (SSSR count). The number of halogens is 2. The lowest BCUT2D eigenvalue weighted by Gasteiger charge is -2.13. The monoisotopic (exact) mass is 413 g/mol. The molecule has 0 radical (unpaired) electrons. The van der Waals surface area contributed by atoms with E-state index >= 15 is 0 Å². The zero-order chi connectivity index (χ0) is 16.3. The molecule has 0 bridgehead atoms. The summed E-state index contributed by atoms with van der Waals surface area (Å²) in [7, 11) is 1.28. The molecule has 0 aliphatic rings. The third-order valence-electron chi connectivity index (χ3n) is 2.98. The van der Waals surface area contributed by atoms with Gasteiger partial charge in [-0.1, -0.05) is 12.1 Å². The average molecular weight is 413 g/mol. The van der Waals surface area contributed by atoms with E-state index in [1.54, 1.807) is 24.3 Å². The van der Waals surface area contributed by atoms with E-state index in [-0.39, 0.29) is 17.3 Å². The van der Waals surface area contributed by atoms with Crippen molar-refractivity contribution in [1.82, 2.24) is 0 Å². The van der Waals surface area contributed by atoms with Crippen LogP contribution in [0.4, 0.5) is 10.1 Å². The van der Waals surface area contributed by atoms with Gasteiger partial charge in [-0.2, -0.15) is 0 Å². The molecule has 0 heterocycles. The number of benzene rings is 2. The Kier molecular flexibility index (Phi) is 5.12. The van der Waals surface area contributed by atoms with E-state index in [2.05, 4.69) is 27.9 Å². The summed E-state index contributed by atoms with van der Waals surface area (Å²) in [5, 5.41) is 2.62. The first-order valence-corrected chi connectivity index (χ1v) is 7.45. The van der Waals surface area contributed by atoms with Crippen molar-refractivity contribution in [3.8, 4) is 11.1 Å². The molecule has 0 aliphatic carbocycles. The first kappa shape index (κ1) is 16.4. The minimum atomic E-state index is -0.535. The van der Waals surface area contributed by atoms with Gasteiger partial charge in [-0.15, -0.1) is 0 Å². The standard InChI is InChI=1S/C16H13FINO3/c1-9(20)19-15-8-12(10-3-5-11(17)6-4-10)14(18)7-13(15)16(21)22-2/h3-8H,1-2H3,(H,19,20). The van der Waals surface area contributed by atoms with Gasteiger partial charge in [0.1, 0.15) is 5.82 Å². The van der Waals surface area contributed by atoms with Crippen LogP contribution in [0.1, 0.15) is 17.3 Å². The van der Waals surface area contributed by atoms with E-state index < -0.39 is 5.97 Å². The average Bonchev–Trinajstić information content (AvgIpc) is 2.48. The minimum Gasteiger partial charge on any atom is -0.465 e. The number of carbonyl (C=O) groups excluding carboxylic acids is 2. The van der Waals surface area contributed by atoms with Gasteiger partial charge in [0.25, 0.3) is 0 Å². The van der Waals surface area contributed by atoms with Gasteiger partial charge in [-0.05, 0) is 58.0 Å². The van der Waals surface area contributed by atoms with Crippen LogP contribution in [-0.2, 0) is 9.53 Å². The van der Waals surface area contributed by atoms with Crippen LogP contribution in [0.5, 0.6) is 0 Å². The van der Waals surface area contributed by atoms with Crippen LogP contribution in [0.2, 0.25) is 0 Å². The van der Waals surface area contributed by atoms with Crippen molar-refractivity contribution in [3.63, 3.8) is 0 Å². The van der Waals surface area contributed by atoms with Crippen molar-refractivity contribution in [1.29, 1.82) is 0 Å². The second-order valence-electron chi connectivity index (χ2n) is 4.56. The van der Waals surface area contributed by atoms with E-state index in [0.29, 0.717) is 5.69 Å². The molecular weight excluding hydrogens is 400 g/mol. The van der Waals surface area contributed by atoms with Gasteiger partial charge in [-0.25, -0.2) is 9.18 Å². The largest absolute Gasteiger partial charge is 0.465 e. The van der Waals surface area contributed by atoms with Crippen LogP contribution in [0.3, 0.4) is 0 Å². The fourth-order valence-corrected chi connectivity index (χ4v) is 2.77. The van der Waals surface area contributed by atoms with Crippen molar-refractivity contribution in [2.45, 2.75) is 6.92 Å². The van der Waals surface area contributed by atoms with E-state index in [9.17, 15) is 14.0 Å². The van der Waals surface area contributed by atoms with Crippen LogP contribution in [-0.4, -0.2) is 19.0 Å². The molecule has 0 atom stereocenters. The van der Waals surface area contributed by atoms with E-state index in [4.69, 9.17) is 4.74 Å². The van der Waals surface area contributed by atoms with Crippen LogP contribution in [0, 0.1) is 9.39 Å². The Morgan fingerprint density at radius 2 is 1.82 bits per heavy atom. The Labute approximate surface area is 140 Å². The van der Waals surface area contributed by atoms with Crippen molar-refractivity contribution in [3.05, 3.63) is 51.3 Å². The third kappa shape index (κ3) is 3.62. The number of rotatable bonds is 3. The molecule has 0 unspecified atom stereocenters. The van der Waals surface area contributed by atoms with E-state index in [1.807, 2.05) is 0 Å². The minimum absolute atomic E-state index is 0.271. The van der Waals surface area contributed by atoms with Crippen LogP contribution in [0.15, 0.2) is 36.4 Å². The van der Waals surface area contributed by atoms with Gasteiger partial charge < -0.3 is 10.1 Å². The maximum atomic E-state index is 13.0. The molecule has 2 aromatic carbocycles. The molecular formula is C16H13FINO3. The Bertz CT molecular complexity index is 729. The van der Waals surface area contributed by atoms with Crippen LogP contribution < -0.4 is 5.32 Å². The molecule has 6 heteroatoms. The number of hydrogen-bond acceptors (Lipinski definition) is 3. The zero-order valence-electron chi connectivity index (χ0n) is 11.9.